The highest BCUT2D eigenvalue weighted by Crippen LogP contribution is 2.08. The van der Waals surface area contributed by atoms with E-state index >= 15 is 0 Å². The number of carbonyl (C=O) groups excluding carboxylic acids is 2. The molecule has 2 aromatic rings. The van der Waals surface area contributed by atoms with E-state index in [0.717, 1.165) is 19.4 Å². The van der Waals surface area contributed by atoms with Gasteiger partial charge in [0, 0.05) is 0 Å². The third kappa shape index (κ3) is 6.39. The van der Waals surface area contributed by atoms with Gasteiger partial charge in [0.1, 0.15) is 0 Å². The monoisotopic (exact) mass is 341 g/mol. The lowest BCUT2D eigenvalue weighted by molar-refractivity contribution is -0.0776. The van der Waals surface area contributed by atoms with E-state index < -0.39 is 18.2 Å². The second-order valence-corrected chi connectivity index (χ2v) is 5.53. The Bertz CT molecular complexity index is 604. The number of nitrogens with one attached hydrogen (secondary N) is 1. The van der Waals surface area contributed by atoms with Crippen LogP contribution in [-0.2, 0) is 9.47 Å². The average Bonchev–Trinajstić information content (AvgIpc) is 2.66. The molecular formula is C20H23NO4. The number of rotatable bonds is 9. The number of hydrogen-bond donors (Lipinski definition) is 1. The standard InChI is InChI=1S/C20H23NO4/c1-2-3-14-21-15-18(24-19(22)16-10-6-4-7-11-16)25-20(23)17-12-8-5-9-13-17/h4-13,18,21H,2-3,14-15H2,1H3. The van der Waals surface area contributed by atoms with Crippen molar-refractivity contribution in [3.05, 3.63) is 71.8 Å². The van der Waals surface area contributed by atoms with Gasteiger partial charge in [-0.15, -0.1) is 0 Å². The van der Waals surface area contributed by atoms with Crippen molar-refractivity contribution in [1.82, 2.24) is 5.32 Å². The maximum atomic E-state index is 12.2. The van der Waals surface area contributed by atoms with Crippen molar-refractivity contribution < 1.29 is 19.1 Å². The molecule has 0 saturated carbocycles. The number of esters is 2. The molecule has 0 bridgehead atoms. The van der Waals surface area contributed by atoms with E-state index in [1.54, 1.807) is 48.5 Å². The van der Waals surface area contributed by atoms with E-state index in [1.165, 1.54) is 0 Å². The molecule has 2 rings (SSSR count). The number of benzene rings is 2. The van der Waals surface area contributed by atoms with Gasteiger partial charge in [-0.2, -0.15) is 0 Å². The predicted octanol–water partition coefficient (Wildman–Crippen LogP) is 3.42. The summed E-state index contributed by atoms with van der Waals surface area (Å²) in [6, 6.07) is 17.3. The Labute approximate surface area is 148 Å². The first-order valence-electron chi connectivity index (χ1n) is 8.43. The summed E-state index contributed by atoms with van der Waals surface area (Å²) in [6.45, 7) is 3.10. The molecule has 0 aliphatic carbocycles. The van der Waals surface area contributed by atoms with Gasteiger partial charge >= 0.3 is 11.9 Å². The molecule has 1 N–H and O–H groups in total. The van der Waals surface area contributed by atoms with Gasteiger partial charge in [0.15, 0.2) is 0 Å². The molecule has 0 heterocycles. The van der Waals surface area contributed by atoms with Crippen LogP contribution in [0, 0.1) is 0 Å². The van der Waals surface area contributed by atoms with Crippen LogP contribution in [-0.4, -0.2) is 31.3 Å². The molecule has 0 atom stereocenters. The Hall–Kier alpha value is -2.66. The maximum Gasteiger partial charge on any atom is 0.341 e. The quantitative estimate of drug-likeness (QED) is 0.430. The fourth-order valence-electron chi connectivity index (χ4n) is 2.15. The Morgan fingerprint density at radius 1 is 0.880 bits per heavy atom. The second kappa shape index (κ2) is 10.3. The normalized spacial score (nSPS) is 10.5. The number of carbonyl (C=O) groups is 2. The Morgan fingerprint density at radius 2 is 1.36 bits per heavy atom. The molecule has 25 heavy (non-hydrogen) atoms. The third-order valence-electron chi connectivity index (χ3n) is 3.51. The summed E-state index contributed by atoms with van der Waals surface area (Å²) in [5.41, 5.74) is 0.827. The van der Waals surface area contributed by atoms with Gasteiger partial charge in [0.25, 0.3) is 6.29 Å². The van der Waals surface area contributed by atoms with E-state index in [2.05, 4.69) is 12.2 Å². The van der Waals surface area contributed by atoms with Gasteiger partial charge in [-0.1, -0.05) is 49.7 Å². The smallest absolute Gasteiger partial charge is 0.341 e. The van der Waals surface area contributed by atoms with Gasteiger partial charge in [0.2, 0.25) is 0 Å². The summed E-state index contributed by atoms with van der Waals surface area (Å²) in [5, 5.41) is 3.15. The van der Waals surface area contributed by atoms with E-state index in [1.807, 2.05) is 12.1 Å². The first-order chi connectivity index (χ1) is 12.2. The summed E-state index contributed by atoms with van der Waals surface area (Å²) in [5.74, 6) is -1.05. The molecule has 2 aromatic carbocycles. The van der Waals surface area contributed by atoms with E-state index in [0.29, 0.717) is 11.1 Å². The molecule has 0 unspecified atom stereocenters. The lowest BCUT2D eigenvalue weighted by Gasteiger charge is -2.19. The zero-order valence-electron chi connectivity index (χ0n) is 14.3. The third-order valence-corrected chi connectivity index (χ3v) is 3.51. The molecule has 0 aromatic heterocycles. The predicted molar refractivity (Wildman–Crippen MR) is 95.3 cm³/mol. The fourth-order valence-corrected chi connectivity index (χ4v) is 2.15. The van der Waals surface area contributed by atoms with Crippen LogP contribution in [0.5, 0.6) is 0 Å². The molecule has 0 fully saturated rings. The molecule has 5 nitrogen and oxygen atoms in total. The first-order valence-corrected chi connectivity index (χ1v) is 8.43. The van der Waals surface area contributed by atoms with Crippen LogP contribution in [0.3, 0.4) is 0 Å². The topological polar surface area (TPSA) is 64.6 Å². The summed E-state index contributed by atoms with van der Waals surface area (Å²) in [7, 11) is 0. The van der Waals surface area contributed by atoms with E-state index in [-0.39, 0.29) is 6.54 Å². The molecular weight excluding hydrogens is 318 g/mol. The van der Waals surface area contributed by atoms with Gasteiger partial charge in [-0.05, 0) is 37.2 Å². The summed E-state index contributed by atoms with van der Waals surface area (Å²) in [6.07, 6.45) is 1.05. The molecule has 0 radical (unpaired) electrons. The Morgan fingerprint density at radius 3 is 1.80 bits per heavy atom. The zero-order valence-corrected chi connectivity index (χ0v) is 14.3. The van der Waals surface area contributed by atoms with Crippen molar-refractivity contribution in [2.45, 2.75) is 26.1 Å². The van der Waals surface area contributed by atoms with Crippen LogP contribution < -0.4 is 5.32 Å². The molecule has 0 spiro atoms. The average molecular weight is 341 g/mol. The van der Waals surface area contributed by atoms with Crippen molar-refractivity contribution in [2.24, 2.45) is 0 Å². The highest BCUT2D eigenvalue weighted by atomic mass is 16.7. The molecule has 0 aliphatic rings. The van der Waals surface area contributed by atoms with Crippen LogP contribution >= 0.6 is 0 Å². The number of hydrogen-bond acceptors (Lipinski definition) is 5. The van der Waals surface area contributed by atoms with Crippen molar-refractivity contribution in [1.29, 1.82) is 0 Å². The molecule has 0 amide bonds. The van der Waals surface area contributed by atoms with Gasteiger partial charge < -0.3 is 14.8 Å². The molecule has 0 saturated heterocycles. The van der Waals surface area contributed by atoms with Crippen LogP contribution in [0.4, 0.5) is 0 Å². The minimum absolute atomic E-state index is 0.247. The van der Waals surface area contributed by atoms with Crippen molar-refractivity contribution >= 4 is 11.9 Å². The second-order valence-electron chi connectivity index (χ2n) is 5.53. The Balaban J connectivity index is 1.99. The Kier molecular flexibility index (Phi) is 7.66. The highest BCUT2D eigenvalue weighted by Gasteiger charge is 2.20. The minimum atomic E-state index is -0.989. The summed E-state index contributed by atoms with van der Waals surface area (Å²) >= 11 is 0. The first kappa shape index (κ1) is 18.7. The lowest BCUT2D eigenvalue weighted by atomic mass is 10.2. The molecule has 0 aliphatic heterocycles. The van der Waals surface area contributed by atoms with Crippen LogP contribution in [0.25, 0.3) is 0 Å². The lowest BCUT2D eigenvalue weighted by Crippen LogP contribution is -2.35. The van der Waals surface area contributed by atoms with Crippen molar-refractivity contribution in [2.75, 3.05) is 13.1 Å². The SMILES string of the molecule is CCCCNCC(OC(=O)c1ccccc1)OC(=O)c1ccccc1. The van der Waals surface area contributed by atoms with Crippen molar-refractivity contribution in [3.63, 3.8) is 0 Å². The fraction of sp³-hybridized carbons (Fsp3) is 0.300. The van der Waals surface area contributed by atoms with Gasteiger partial charge in [0.05, 0.1) is 17.7 Å². The van der Waals surface area contributed by atoms with Crippen LogP contribution in [0.15, 0.2) is 60.7 Å². The largest absolute Gasteiger partial charge is 0.420 e. The summed E-state index contributed by atoms with van der Waals surface area (Å²) < 4.78 is 10.7. The maximum absolute atomic E-state index is 12.2. The number of ether oxygens (including phenoxy) is 2. The van der Waals surface area contributed by atoms with Crippen molar-refractivity contribution in [3.8, 4) is 0 Å². The van der Waals surface area contributed by atoms with E-state index in [9.17, 15) is 9.59 Å². The van der Waals surface area contributed by atoms with Crippen LogP contribution in [0.2, 0.25) is 0 Å². The van der Waals surface area contributed by atoms with Gasteiger partial charge in [-0.3, -0.25) is 0 Å². The minimum Gasteiger partial charge on any atom is -0.420 e. The molecule has 5 heteroatoms. The van der Waals surface area contributed by atoms with Gasteiger partial charge in [-0.25, -0.2) is 9.59 Å². The molecule has 132 valence electrons. The zero-order chi connectivity index (χ0) is 17.9. The van der Waals surface area contributed by atoms with Crippen LogP contribution in [0.1, 0.15) is 40.5 Å². The number of unbranched alkanes of at least 4 members (excludes halogenated alkanes) is 1. The summed E-state index contributed by atoms with van der Waals surface area (Å²) in [4.78, 5) is 24.4. The van der Waals surface area contributed by atoms with E-state index in [4.69, 9.17) is 9.47 Å². The highest BCUT2D eigenvalue weighted by molar-refractivity contribution is 5.91.